The summed E-state index contributed by atoms with van der Waals surface area (Å²) in [6, 6.07) is 18.1. The first kappa shape index (κ1) is 19.1. The number of carbonyl (C=O) groups is 2. The molecule has 1 fully saturated rings. The second-order valence-corrected chi connectivity index (χ2v) is 6.79. The minimum Gasteiger partial charge on any atom is -0.454 e. The van der Waals surface area contributed by atoms with Crippen molar-refractivity contribution in [2.45, 2.75) is 31.7 Å². The van der Waals surface area contributed by atoms with Gasteiger partial charge in [-0.2, -0.15) is 0 Å². The number of nitrogens with zero attached hydrogens (tertiary/aromatic N) is 1. The Hall–Kier alpha value is -2.70. The van der Waals surface area contributed by atoms with Crippen molar-refractivity contribution in [2.24, 2.45) is 0 Å². The van der Waals surface area contributed by atoms with E-state index in [1.807, 2.05) is 41.3 Å². The van der Waals surface area contributed by atoms with Gasteiger partial charge in [-0.25, -0.2) is 4.79 Å². The van der Waals surface area contributed by atoms with Crippen LogP contribution in [0.2, 0.25) is 0 Å². The highest BCUT2D eigenvalue weighted by atomic mass is 16.6. The molecule has 0 radical (unpaired) electrons. The van der Waals surface area contributed by atoms with Crippen LogP contribution in [0.4, 0.5) is 0 Å². The second kappa shape index (κ2) is 8.79. The van der Waals surface area contributed by atoms with Gasteiger partial charge in [0, 0.05) is 26.6 Å². The highest BCUT2D eigenvalue weighted by Gasteiger charge is 2.39. The summed E-state index contributed by atoms with van der Waals surface area (Å²) in [4.78, 5) is 26.1. The van der Waals surface area contributed by atoms with Gasteiger partial charge in [-0.3, -0.25) is 9.69 Å². The van der Waals surface area contributed by atoms with E-state index in [-0.39, 0.29) is 5.91 Å². The van der Waals surface area contributed by atoms with Crippen LogP contribution in [0.15, 0.2) is 60.7 Å². The molecule has 2 N–H and O–H groups in total. The van der Waals surface area contributed by atoms with Gasteiger partial charge < -0.3 is 15.2 Å². The number of hydrogen-bond acceptors (Lipinski definition) is 5. The molecule has 2 aromatic carbocycles. The maximum Gasteiger partial charge on any atom is 0.338 e. The lowest BCUT2D eigenvalue weighted by molar-refractivity contribution is -0.124. The highest BCUT2D eigenvalue weighted by Crippen LogP contribution is 2.19. The third-order valence-corrected chi connectivity index (χ3v) is 4.57. The summed E-state index contributed by atoms with van der Waals surface area (Å²) in [7, 11) is 0. The van der Waals surface area contributed by atoms with E-state index in [0.29, 0.717) is 25.2 Å². The van der Waals surface area contributed by atoms with Crippen molar-refractivity contribution in [2.75, 3.05) is 13.1 Å². The van der Waals surface area contributed by atoms with E-state index < -0.39 is 24.2 Å². The number of hydrogen-bond donors (Lipinski definition) is 2. The fourth-order valence-corrected chi connectivity index (χ4v) is 3.38. The maximum absolute atomic E-state index is 12.4. The summed E-state index contributed by atoms with van der Waals surface area (Å²) in [6.45, 7) is 2.90. The molecule has 6 heteroatoms. The monoisotopic (exact) mass is 368 g/mol. The summed E-state index contributed by atoms with van der Waals surface area (Å²) < 4.78 is 5.57. The van der Waals surface area contributed by atoms with Crippen molar-refractivity contribution >= 4 is 11.9 Å². The van der Waals surface area contributed by atoms with Crippen LogP contribution < -0.4 is 5.32 Å². The van der Waals surface area contributed by atoms with Gasteiger partial charge in [-0.1, -0.05) is 48.5 Å². The van der Waals surface area contributed by atoms with Gasteiger partial charge in [-0.15, -0.1) is 0 Å². The lowest BCUT2D eigenvalue weighted by Gasteiger charge is -2.41. The number of likely N-dealkylation sites (tertiary alicyclic amines) is 1. The molecular formula is C21H24N2O4. The van der Waals surface area contributed by atoms with Crippen LogP contribution in [-0.2, 0) is 16.1 Å². The fourth-order valence-electron chi connectivity index (χ4n) is 3.38. The van der Waals surface area contributed by atoms with E-state index >= 15 is 0 Å². The number of aliphatic hydroxyl groups is 1. The predicted molar refractivity (Wildman–Crippen MR) is 101 cm³/mol. The Morgan fingerprint density at radius 2 is 1.70 bits per heavy atom. The van der Waals surface area contributed by atoms with Crippen LogP contribution in [0.1, 0.15) is 22.8 Å². The van der Waals surface area contributed by atoms with Crippen molar-refractivity contribution in [3.8, 4) is 0 Å². The summed E-state index contributed by atoms with van der Waals surface area (Å²) >= 11 is 0. The molecule has 1 heterocycles. The molecule has 3 atom stereocenters. The van der Waals surface area contributed by atoms with E-state index in [0.717, 1.165) is 5.56 Å². The van der Waals surface area contributed by atoms with E-state index in [9.17, 15) is 14.7 Å². The Bertz CT molecular complexity index is 766. The zero-order valence-electron chi connectivity index (χ0n) is 15.2. The number of amides is 1. The molecule has 1 saturated heterocycles. The lowest BCUT2D eigenvalue weighted by atomic mass is 9.98. The van der Waals surface area contributed by atoms with Crippen LogP contribution in [0.5, 0.6) is 0 Å². The Balaban J connectivity index is 1.71. The second-order valence-electron chi connectivity index (χ2n) is 6.79. The largest absolute Gasteiger partial charge is 0.454 e. The summed E-state index contributed by atoms with van der Waals surface area (Å²) in [5, 5.41) is 13.4. The zero-order chi connectivity index (χ0) is 19.2. The van der Waals surface area contributed by atoms with Gasteiger partial charge in [0.05, 0.1) is 11.6 Å². The molecule has 142 valence electrons. The number of rotatable bonds is 5. The van der Waals surface area contributed by atoms with Crippen LogP contribution >= 0.6 is 0 Å². The first-order chi connectivity index (χ1) is 13.0. The molecule has 0 bridgehead atoms. The fraction of sp³-hybridized carbons (Fsp3) is 0.333. The minimum atomic E-state index is -0.896. The molecule has 6 nitrogen and oxygen atoms in total. The molecule has 27 heavy (non-hydrogen) atoms. The molecule has 0 aromatic heterocycles. The van der Waals surface area contributed by atoms with Crippen molar-refractivity contribution in [1.29, 1.82) is 0 Å². The first-order valence-corrected chi connectivity index (χ1v) is 9.00. The van der Waals surface area contributed by atoms with Gasteiger partial charge in [0.15, 0.2) is 6.10 Å². The van der Waals surface area contributed by atoms with Crippen molar-refractivity contribution in [3.05, 3.63) is 71.8 Å². The topological polar surface area (TPSA) is 78.9 Å². The smallest absolute Gasteiger partial charge is 0.338 e. The molecule has 3 unspecified atom stereocenters. The SMILES string of the molecule is CC(=O)NC1CN(Cc2ccccc2)CC(O)C1OC(=O)c1ccccc1. The van der Waals surface area contributed by atoms with Crippen LogP contribution in [-0.4, -0.2) is 53.2 Å². The Kier molecular flexibility index (Phi) is 6.21. The van der Waals surface area contributed by atoms with Crippen molar-refractivity contribution in [1.82, 2.24) is 10.2 Å². The van der Waals surface area contributed by atoms with Crippen LogP contribution in [0.25, 0.3) is 0 Å². The van der Waals surface area contributed by atoms with E-state index in [1.54, 1.807) is 24.3 Å². The molecule has 1 aliphatic rings. The zero-order valence-corrected chi connectivity index (χ0v) is 15.2. The maximum atomic E-state index is 12.4. The van der Waals surface area contributed by atoms with Crippen molar-refractivity contribution < 1.29 is 19.4 Å². The minimum absolute atomic E-state index is 0.227. The number of piperidine rings is 1. The predicted octanol–water partition coefficient (Wildman–Crippen LogP) is 1.59. The number of esters is 1. The summed E-state index contributed by atoms with van der Waals surface area (Å²) in [6.07, 6.45) is -1.69. The van der Waals surface area contributed by atoms with Gasteiger partial charge in [0.2, 0.25) is 5.91 Å². The summed E-state index contributed by atoms with van der Waals surface area (Å²) in [5.41, 5.74) is 1.53. The standard InChI is InChI=1S/C21H24N2O4/c1-15(24)22-18-13-23(12-16-8-4-2-5-9-16)14-19(25)20(18)27-21(26)17-10-6-3-7-11-17/h2-11,18-20,25H,12-14H2,1H3,(H,22,24). The number of ether oxygens (including phenoxy) is 1. The third-order valence-electron chi connectivity index (χ3n) is 4.57. The van der Waals surface area contributed by atoms with Crippen LogP contribution in [0.3, 0.4) is 0 Å². The van der Waals surface area contributed by atoms with E-state index in [4.69, 9.17) is 4.74 Å². The van der Waals surface area contributed by atoms with Gasteiger partial charge in [-0.05, 0) is 17.7 Å². The Morgan fingerprint density at radius 1 is 1.07 bits per heavy atom. The molecule has 1 amide bonds. The molecule has 0 spiro atoms. The molecule has 2 aromatic rings. The number of carbonyl (C=O) groups excluding carboxylic acids is 2. The first-order valence-electron chi connectivity index (χ1n) is 9.00. The number of benzene rings is 2. The van der Waals surface area contributed by atoms with E-state index in [2.05, 4.69) is 5.32 Å². The average Bonchev–Trinajstić information content (AvgIpc) is 2.65. The Labute approximate surface area is 158 Å². The van der Waals surface area contributed by atoms with Gasteiger partial charge in [0.25, 0.3) is 0 Å². The molecule has 3 rings (SSSR count). The molecule has 1 aliphatic heterocycles. The number of β-amino-alcohol motifs (C(OH)–C–C–N with tert-alkyl or cyclic N) is 1. The average molecular weight is 368 g/mol. The highest BCUT2D eigenvalue weighted by molar-refractivity contribution is 5.89. The van der Waals surface area contributed by atoms with Gasteiger partial charge in [0.1, 0.15) is 6.10 Å². The molecule has 0 saturated carbocycles. The van der Waals surface area contributed by atoms with Crippen molar-refractivity contribution in [3.63, 3.8) is 0 Å². The lowest BCUT2D eigenvalue weighted by Crippen LogP contribution is -2.62. The van der Waals surface area contributed by atoms with Crippen LogP contribution in [0, 0.1) is 0 Å². The quantitative estimate of drug-likeness (QED) is 0.784. The molecule has 0 aliphatic carbocycles. The Morgan fingerprint density at radius 3 is 2.33 bits per heavy atom. The van der Waals surface area contributed by atoms with E-state index in [1.165, 1.54) is 6.92 Å². The molecular weight excluding hydrogens is 344 g/mol. The number of aliphatic hydroxyl groups excluding tert-OH is 1. The summed E-state index contributed by atoms with van der Waals surface area (Å²) in [5.74, 6) is -0.735. The normalized spacial score (nSPS) is 22.8. The number of nitrogens with one attached hydrogen (secondary N) is 1. The third kappa shape index (κ3) is 5.15. The van der Waals surface area contributed by atoms with Gasteiger partial charge >= 0.3 is 5.97 Å².